The van der Waals surface area contributed by atoms with Gasteiger partial charge < -0.3 is 8.85 Å². The molecule has 0 rings (SSSR count). The standard InChI is InChI=1S/C15H38O2Si3/c1-10-14(18,11-2)16-20(8,9)15(12-3,13-4)17-19(5,6)7/h10-13H2,1-9,18H3. The Balaban J connectivity index is 5.45. The highest BCUT2D eigenvalue weighted by Gasteiger charge is 2.51. The maximum absolute atomic E-state index is 6.81. The van der Waals surface area contributed by atoms with E-state index >= 15 is 0 Å². The zero-order valence-corrected chi connectivity index (χ0v) is 19.6. The second-order valence-corrected chi connectivity index (χ2v) is 18.1. The van der Waals surface area contributed by atoms with Crippen LogP contribution in [-0.4, -0.2) is 37.3 Å². The van der Waals surface area contributed by atoms with Gasteiger partial charge in [-0.3, -0.25) is 0 Å². The summed E-state index contributed by atoms with van der Waals surface area (Å²) in [6.45, 7) is 20.7. The summed E-state index contributed by atoms with van der Waals surface area (Å²) in [7, 11) is -2.40. The van der Waals surface area contributed by atoms with Gasteiger partial charge in [0.2, 0.25) is 8.32 Å². The van der Waals surface area contributed by atoms with Gasteiger partial charge >= 0.3 is 0 Å². The van der Waals surface area contributed by atoms with E-state index in [2.05, 4.69) is 60.4 Å². The Morgan fingerprint density at radius 3 is 1.40 bits per heavy atom. The summed E-state index contributed by atoms with van der Waals surface area (Å²) in [5, 5.41) is 0.103. The minimum absolute atomic E-state index is 0.0303. The van der Waals surface area contributed by atoms with Gasteiger partial charge in [0.05, 0.1) is 5.22 Å². The lowest BCUT2D eigenvalue weighted by Gasteiger charge is -2.50. The average molecular weight is 335 g/mol. The van der Waals surface area contributed by atoms with Gasteiger partial charge in [-0.2, -0.15) is 0 Å². The van der Waals surface area contributed by atoms with Crippen LogP contribution in [0.15, 0.2) is 0 Å². The molecule has 0 radical (unpaired) electrons. The smallest absolute Gasteiger partial charge is 0.216 e. The second-order valence-electron chi connectivity index (χ2n) is 7.69. The van der Waals surface area contributed by atoms with Gasteiger partial charge in [-0.05, 0) is 58.4 Å². The lowest BCUT2D eigenvalue weighted by molar-refractivity contribution is 0.0590. The average Bonchev–Trinajstić information content (AvgIpc) is 2.33. The Kier molecular flexibility index (Phi) is 7.43. The van der Waals surface area contributed by atoms with E-state index in [9.17, 15) is 0 Å². The van der Waals surface area contributed by atoms with E-state index in [1.807, 2.05) is 0 Å². The molecule has 0 amide bonds. The molecule has 122 valence electrons. The SMILES string of the molecule is CCC([SiH3])(CC)O[Si](C)(C)C(CC)(CC)O[Si](C)(C)C. The number of rotatable bonds is 9. The predicted octanol–water partition coefficient (Wildman–Crippen LogP) is 4.04. The van der Waals surface area contributed by atoms with Crippen molar-refractivity contribution in [3.8, 4) is 0 Å². The zero-order valence-electron chi connectivity index (χ0n) is 15.6. The van der Waals surface area contributed by atoms with E-state index in [0.717, 1.165) is 35.9 Å². The molecule has 0 aromatic rings. The van der Waals surface area contributed by atoms with E-state index in [0.29, 0.717) is 0 Å². The van der Waals surface area contributed by atoms with Crippen molar-refractivity contribution in [3.05, 3.63) is 0 Å². The molecule has 0 fully saturated rings. The Hall–Kier alpha value is 0.571. The van der Waals surface area contributed by atoms with Crippen molar-refractivity contribution >= 4 is 26.9 Å². The minimum atomic E-state index is -1.92. The van der Waals surface area contributed by atoms with Crippen molar-refractivity contribution in [2.45, 2.75) is 96.6 Å². The van der Waals surface area contributed by atoms with E-state index in [1.54, 1.807) is 0 Å². The predicted molar refractivity (Wildman–Crippen MR) is 99.6 cm³/mol. The van der Waals surface area contributed by atoms with Crippen LogP contribution in [0, 0.1) is 0 Å². The Bertz CT molecular complexity index is 290. The molecule has 0 aliphatic rings. The Labute approximate surface area is 132 Å². The van der Waals surface area contributed by atoms with Gasteiger partial charge in [-0.15, -0.1) is 0 Å². The molecule has 20 heavy (non-hydrogen) atoms. The molecular weight excluding hydrogens is 296 g/mol. The third-order valence-electron chi connectivity index (χ3n) is 4.74. The van der Waals surface area contributed by atoms with Gasteiger partial charge in [-0.25, -0.2) is 0 Å². The summed E-state index contributed by atoms with van der Waals surface area (Å²) >= 11 is 0. The molecule has 0 N–H and O–H groups in total. The number of hydrogen-bond donors (Lipinski definition) is 0. The van der Waals surface area contributed by atoms with Gasteiger partial charge in [0.1, 0.15) is 0 Å². The van der Waals surface area contributed by atoms with Crippen molar-refractivity contribution in [3.63, 3.8) is 0 Å². The van der Waals surface area contributed by atoms with Crippen molar-refractivity contribution in [2.75, 3.05) is 0 Å². The first-order valence-electron chi connectivity index (χ1n) is 8.31. The molecule has 0 saturated carbocycles. The van der Waals surface area contributed by atoms with Crippen LogP contribution in [0.5, 0.6) is 0 Å². The highest BCUT2D eigenvalue weighted by molar-refractivity contribution is 6.77. The molecule has 0 bridgehead atoms. The first-order chi connectivity index (χ1) is 8.91. The van der Waals surface area contributed by atoms with Crippen molar-refractivity contribution in [2.24, 2.45) is 0 Å². The molecule has 0 spiro atoms. The van der Waals surface area contributed by atoms with Crippen LogP contribution in [0.25, 0.3) is 0 Å². The fourth-order valence-corrected chi connectivity index (χ4v) is 11.4. The molecule has 0 aromatic heterocycles. The largest absolute Gasteiger partial charge is 0.413 e. The Morgan fingerprint density at radius 1 is 0.750 bits per heavy atom. The molecule has 2 nitrogen and oxygen atoms in total. The van der Waals surface area contributed by atoms with Crippen molar-refractivity contribution in [1.29, 1.82) is 0 Å². The van der Waals surface area contributed by atoms with Gasteiger partial charge in [0.25, 0.3) is 0 Å². The summed E-state index contributed by atoms with van der Waals surface area (Å²) in [5.41, 5.74) is 0. The zero-order chi connectivity index (χ0) is 16.2. The van der Waals surface area contributed by atoms with E-state index in [1.165, 1.54) is 0 Å². The van der Waals surface area contributed by atoms with Crippen LogP contribution in [0.4, 0.5) is 0 Å². The fourth-order valence-electron chi connectivity index (χ4n) is 3.06. The molecule has 5 heteroatoms. The summed E-state index contributed by atoms with van der Waals surface area (Å²) in [5.74, 6) is 0. The van der Waals surface area contributed by atoms with Crippen LogP contribution >= 0.6 is 0 Å². The van der Waals surface area contributed by atoms with Gasteiger partial charge in [-0.1, -0.05) is 27.7 Å². The van der Waals surface area contributed by atoms with Crippen LogP contribution in [0.1, 0.15) is 53.4 Å². The first-order valence-corrected chi connectivity index (χ1v) is 15.6. The van der Waals surface area contributed by atoms with Crippen LogP contribution < -0.4 is 0 Å². The molecule has 0 saturated heterocycles. The minimum Gasteiger partial charge on any atom is -0.413 e. The molecule has 0 aliphatic heterocycles. The molecule has 0 atom stereocenters. The third-order valence-corrected chi connectivity index (χ3v) is 12.0. The topological polar surface area (TPSA) is 18.5 Å². The maximum atomic E-state index is 6.81. The van der Waals surface area contributed by atoms with E-state index < -0.39 is 16.6 Å². The monoisotopic (exact) mass is 334 g/mol. The molecular formula is C15H38O2Si3. The molecule has 0 heterocycles. The normalized spacial score (nSPS) is 14.8. The fraction of sp³-hybridized carbons (Fsp3) is 1.00. The van der Waals surface area contributed by atoms with Crippen LogP contribution in [0.2, 0.25) is 32.7 Å². The summed E-state index contributed by atoms with van der Waals surface area (Å²) < 4.78 is 13.5. The quantitative estimate of drug-likeness (QED) is 0.592. The lowest BCUT2D eigenvalue weighted by atomic mass is 10.2. The second kappa shape index (κ2) is 7.22. The third kappa shape index (κ3) is 5.09. The maximum Gasteiger partial charge on any atom is 0.216 e. The van der Waals surface area contributed by atoms with Crippen molar-refractivity contribution < 1.29 is 8.85 Å². The Morgan fingerprint density at radius 2 is 1.15 bits per heavy atom. The van der Waals surface area contributed by atoms with Crippen LogP contribution in [0.3, 0.4) is 0 Å². The van der Waals surface area contributed by atoms with Crippen LogP contribution in [-0.2, 0) is 8.85 Å². The number of hydrogen-bond acceptors (Lipinski definition) is 2. The first kappa shape index (κ1) is 20.6. The molecule has 0 unspecified atom stereocenters. The highest BCUT2D eigenvalue weighted by atomic mass is 28.4. The lowest BCUT2D eigenvalue weighted by Crippen LogP contribution is -2.64. The van der Waals surface area contributed by atoms with Gasteiger partial charge in [0, 0.05) is 15.5 Å². The van der Waals surface area contributed by atoms with E-state index in [4.69, 9.17) is 8.85 Å². The molecule has 0 aliphatic carbocycles. The van der Waals surface area contributed by atoms with Crippen molar-refractivity contribution in [1.82, 2.24) is 0 Å². The summed E-state index contributed by atoms with van der Waals surface area (Å²) in [4.78, 5) is 0. The summed E-state index contributed by atoms with van der Waals surface area (Å²) in [6, 6.07) is 0. The van der Waals surface area contributed by atoms with E-state index in [-0.39, 0.29) is 10.4 Å². The van der Waals surface area contributed by atoms with Gasteiger partial charge in [0.15, 0.2) is 8.32 Å². The highest BCUT2D eigenvalue weighted by Crippen LogP contribution is 2.38. The summed E-state index contributed by atoms with van der Waals surface area (Å²) in [6.07, 6.45) is 4.39. The molecule has 0 aromatic carbocycles.